The number of carbonyl (C=O) groups excluding carboxylic acids is 1. The van der Waals surface area contributed by atoms with E-state index >= 15 is 0 Å². The third kappa shape index (κ3) is 3.42. The second-order valence-corrected chi connectivity index (χ2v) is 7.42. The largest absolute Gasteiger partial charge is 0.338 e. The molecule has 1 aliphatic rings. The first-order valence-corrected chi connectivity index (χ1v) is 9.44. The van der Waals surface area contributed by atoms with Gasteiger partial charge >= 0.3 is 0 Å². The van der Waals surface area contributed by atoms with Crippen LogP contribution in [0.1, 0.15) is 29.7 Å². The molecule has 1 amide bonds. The molecule has 0 spiro atoms. The summed E-state index contributed by atoms with van der Waals surface area (Å²) in [6.45, 7) is 2.41. The molecular weight excluding hydrogens is 376 g/mol. The van der Waals surface area contributed by atoms with E-state index in [1.54, 1.807) is 18.9 Å². The fourth-order valence-corrected chi connectivity index (χ4v) is 3.89. The van der Waals surface area contributed by atoms with Gasteiger partial charge in [-0.05, 0) is 47.6 Å². The van der Waals surface area contributed by atoms with Gasteiger partial charge in [0.1, 0.15) is 0 Å². The number of nitrogens with zero attached hydrogens (tertiary/aromatic N) is 1. The van der Waals surface area contributed by atoms with Gasteiger partial charge in [-0.2, -0.15) is 0 Å². The number of carbonyl (C=O) groups is 1. The van der Waals surface area contributed by atoms with Crippen molar-refractivity contribution in [2.75, 3.05) is 7.05 Å². The van der Waals surface area contributed by atoms with Crippen LogP contribution in [0, 0.1) is 11.6 Å². The van der Waals surface area contributed by atoms with E-state index in [1.807, 2.05) is 24.3 Å². The van der Waals surface area contributed by atoms with Crippen molar-refractivity contribution in [2.24, 2.45) is 0 Å². The number of nitrogens with one attached hydrogen (secondary N) is 2. The van der Waals surface area contributed by atoms with Crippen molar-refractivity contribution in [3.05, 3.63) is 81.3 Å². The lowest BCUT2D eigenvalue weighted by Gasteiger charge is -2.32. The van der Waals surface area contributed by atoms with Crippen LogP contribution in [0.25, 0.3) is 10.8 Å². The number of H-pyrrole nitrogens is 1. The van der Waals surface area contributed by atoms with E-state index in [0.717, 1.165) is 17.7 Å². The third-order valence-electron chi connectivity index (χ3n) is 5.73. The Morgan fingerprint density at radius 3 is 2.52 bits per heavy atom. The maximum atomic E-state index is 13.8. The van der Waals surface area contributed by atoms with Gasteiger partial charge in [0.25, 0.3) is 5.56 Å². The molecule has 2 atom stereocenters. The molecule has 1 aromatic heterocycles. The maximum Gasteiger partial charge on any atom is 0.255 e. The van der Waals surface area contributed by atoms with Crippen molar-refractivity contribution in [3.8, 4) is 0 Å². The Bertz CT molecular complexity index is 1160. The summed E-state index contributed by atoms with van der Waals surface area (Å²) in [5, 5.41) is 3.61. The Kier molecular flexibility index (Phi) is 4.92. The molecule has 2 N–H and O–H groups in total. The van der Waals surface area contributed by atoms with Gasteiger partial charge in [0.15, 0.2) is 11.6 Å². The molecule has 1 aliphatic heterocycles. The SMILES string of the molecule is CC(c1c[nH]c(=O)c2cc(F)c(F)cc12)N(C)C(=O)C1Cc2ccccc2CN1. The quantitative estimate of drug-likeness (QED) is 0.714. The van der Waals surface area contributed by atoms with E-state index in [-0.39, 0.29) is 17.3 Å². The lowest BCUT2D eigenvalue weighted by Crippen LogP contribution is -2.48. The Labute approximate surface area is 166 Å². The Morgan fingerprint density at radius 1 is 1.14 bits per heavy atom. The average Bonchev–Trinajstić information content (AvgIpc) is 2.73. The molecule has 2 heterocycles. The van der Waals surface area contributed by atoms with E-state index in [9.17, 15) is 18.4 Å². The van der Waals surface area contributed by atoms with Crippen LogP contribution >= 0.6 is 0 Å². The molecule has 0 bridgehead atoms. The molecule has 2 aromatic carbocycles. The zero-order valence-electron chi connectivity index (χ0n) is 16.1. The van der Waals surface area contributed by atoms with E-state index in [0.29, 0.717) is 23.9 Å². The molecule has 5 nitrogen and oxygen atoms in total. The van der Waals surface area contributed by atoms with Crippen molar-refractivity contribution >= 4 is 16.7 Å². The minimum atomic E-state index is -1.08. The smallest absolute Gasteiger partial charge is 0.255 e. The highest BCUT2D eigenvalue weighted by molar-refractivity contribution is 5.87. The van der Waals surface area contributed by atoms with Gasteiger partial charge in [0.2, 0.25) is 5.91 Å². The molecule has 0 fully saturated rings. The lowest BCUT2D eigenvalue weighted by molar-refractivity contribution is -0.134. The number of benzene rings is 2. The molecule has 0 aliphatic carbocycles. The Hall–Kier alpha value is -3.06. The van der Waals surface area contributed by atoms with Crippen LogP contribution in [-0.4, -0.2) is 28.9 Å². The number of hydrogen-bond acceptors (Lipinski definition) is 3. The molecule has 0 saturated carbocycles. The number of amides is 1. The van der Waals surface area contributed by atoms with Crippen LogP contribution in [0.3, 0.4) is 0 Å². The van der Waals surface area contributed by atoms with Crippen LogP contribution in [0.15, 0.2) is 47.4 Å². The molecule has 29 heavy (non-hydrogen) atoms. The fourth-order valence-electron chi connectivity index (χ4n) is 3.89. The van der Waals surface area contributed by atoms with Crippen LogP contribution in [0.5, 0.6) is 0 Å². The summed E-state index contributed by atoms with van der Waals surface area (Å²) in [6, 6.07) is 9.06. The number of likely N-dealkylation sites (N-methyl/N-ethyl adjacent to an activating group) is 1. The fraction of sp³-hybridized carbons (Fsp3) is 0.273. The highest BCUT2D eigenvalue weighted by Crippen LogP contribution is 2.28. The van der Waals surface area contributed by atoms with Gasteiger partial charge in [-0.3, -0.25) is 9.59 Å². The van der Waals surface area contributed by atoms with Crippen LogP contribution in [0.2, 0.25) is 0 Å². The number of hydrogen-bond donors (Lipinski definition) is 2. The van der Waals surface area contributed by atoms with Crippen molar-refractivity contribution in [3.63, 3.8) is 0 Å². The van der Waals surface area contributed by atoms with Gasteiger partial charge in [-0.15, -0.1) is 0 Å². The topological polar surface area (TPSA) is 65.2 Å². The number of aromatic amines is 1. The van der Waals surface area contributed by atoms with Crippen LogP contribution in [-0.2, 0) is 17.8 Å². The second kappa shape index (κ2) is 7.40. The normalized spacial score (nSPS) is 17.0. The van der Waals surface area contributed by atoms with E-state index in [1.165, 1.54) is 11.8 Å². The zero-order chi connectivity index (χ0) is 20.7. The first kappa shape index (κ1) is 19.3. The summed E-state index contributed by atoms with van der Waals surface area (Å²) < 4.78 is 27.4. The number of halogens is 2. The minimum absolute atomic E-state index is 0.0545. The van der Waals surface area contributed by atoms with Gasteiger partial charge in [0.05, 0.1) is 17.5 Å². The summed E-state index contributed by atoms with van der Waals surface area (Å²) in [5.41, 5.74) is 2.36. The van der Waals surface area contributed by atoms with E-state index in [4.69, 9.17) is 0 Å². The van der Waals surface area contributed by atoms with Crippen LogP contribution < -0.4 is 10.9 Å². The number of rotatable bonds is 3. The summed E-state index contributed by atoms with van der Waals surface area (Å²) in [5.74, 6) is -2.22. The molecule has 0 radical (unpaired) electrons. The first-order chi connectivity index (χ1) is 13.9. The van der Waals surface area contributed by atoms with Crippen molar-refractivity contribution in [2.45, 2.75) is 32.0 Å². The van der Waals surface area contributed by atoms with Crippen molar-refractivity contribution in [1.29, 1.82) is 0 Å². The lowest BCUT2D eigenvalue weighted by atomic mass is 9.94. The molecule has 2 unspecified atom stereocenters. The summed E-state index contributed by atoms with van der Waals surface area (Å²) in [4.78, 5) is 29.3. The van der Waals surface area contributed by atoms with Crippen molar-refractivity contribution in [1.82, 2.24) is 15.2 Å². The van der Waals surface area contributed by atoms with E-state index < -0.39 is 23.2 Å². The van der Waals surface area contributed by atoms with Gasteiger partial charge in [-0.25, -0.2) is 8.78 Å². The Balaban J connectivity index is 1.64. The predicted molar refractivity (Wildman–Crippen MR) is 106 cm³/mol. The van der Waals surface area contributed by atoms with Crippen LogP contribution in [0.4, 0.5) is 8.78 Å². The number of aromatic nitrogens is 1. The molecular formula is C22H21F2N3O2. The average molecular weight is 397 g/mol. The predicted octanol–water partition coefficient (Wildman–Crippen LogP) is 3.04. The van der Waals surface area contributed by atoms with Gasteiger partial charge in [0, 0.05) is 19.8 Å². The molecule has 7 heteroatoms. The third-order valence-corrected chi connectivity index (χ3v) is 5.73. The highest BCUT2D eigenvalue weighted by Gasteiger charge is 2.29. The summed E-state index contributed by atoms with van der Waals surface area (Å²) in [6.07, 6.45) is 2.04. The molecule has 4 rings (SSSR count). The molecule has 0 saturated heterocycles. The Morgan fingerprint density at radius 2 is 1.79 bits per heavy atom. The van der Waals surface area contributed by atoms with Crippen molar-refractivity contribution < 1.29 is 13.6 Å². The van der Waals surface area contributed by atoms with Gasteiger partial charge in [-0.1, -0.05) is 24.3 Å². The second-order valence-electron chi connectivity index (χ2n) is 7.42. The number of pyridine rings is 1. The van der Waals surface area contributed by atoms with E-state index in [2.05, 4.69) is 10.3 Å². The van der Waals surface area contributed by atoms with Gasteiger partial charge < -0.3 is 15.2 Å². The molecule has 150 valence electrons. The highest BCUT2D eigenvalue weighted by atomic mass is 19.2. The number of fused-ring (bicyclic) bond motifs is 2. The molecule has 3 aromatic rings. The zero-order valence-corrected chi connectivity index (χ0v) is 16.1. The minimum Gasteiger partial charge on any atom is -0.338 e. The monoisotopic (exact) mass is 397 g/mol. The first-order valence-electron chi connectivity index (χ1n) is 9.44. The standard InChI is InChI=1S/C22H21F2N3O2/c1-12(17-11-26-21(28)16-9-19(24)18(23)8-15(16)17)27(2)22(29)20-7-13-5-3-4-6-14(13)10-25-20/h3-6,8-9,11-12,20,25H,7,10H2,1-2H3,(H,26,28). The maximum absolute atomic E-state index is 13.8. The summed E-state index contributed by atoms with van der Waals surface area (Å²) >= 11 is 0. The summed E-state index contributed by atoms with van der Waals surface area (Å²) in [7, 11) is 1.67.